The normalized spacial score (nSPS) is 11.4. The molecule has 0 atom stereocenters. The van der Waals surface area contributed by atoms with Gasteiger partial charge in [-0.25, -0.2) is 13.2 Å². The molecule has 0 saturated carbocycles. The van der Waals surface area contributed by atoms with Crippen molar-refractivity contribution in [3.8, 4) is 0 Å². The molecule has 0 fully saturated rings. The number of sulfonamides is 1. The van der Waals surface area contributed by atoms with Gasteiger partial charge in [0.2, 0.25) is 5.91 Å². The molecule has 2 amide bonds. The molecule has 2 aromatic rings. The highest BCUT2D eigenvalue weighted by Gasteiger charge is 2.27. The highest BCUT2D eigenvalue weighted by Crippen LogP contribution is 2.27. The second kappa shape index (κ2) is 10.5. The van der Waals surface area contributed by atoms with E-state index in [0.717, 1.165) is 0 Å². The molecule has 2 aromatic carbocycles. The van der Waals surface area contributed by atoms with Crippen LogP contribution in [0.2, 0.25) is 5.02 Å². The topological polar surface area (TPSA) is 142 Å². The van der Waals surface area contributed by atoms with Crippen LogP contribution in [0.15, 0.2) is 53.4 Å². The van der Waals surface area contributed by atoms with Crippen LogP contribution in [-0.4, -0.2) is 50.2 Å². The van der Waals surface area contributed by atoms with Crippen molar-refractivity contribution in [3.05, 3.63) is 53.6 Å². The second-order valence-corrected chi connectivity index (χ2v) is 10.1. The zero-order chi connectivity index (χ0) is 24.8. The zero-order valence-electron chi connectivity index (χ0n) is 18.2. The number of hydrogen-bond acceptors (Lipinski definition) is 6. The summed E-state index contributed by atoms with van der Waals surface area (Å²) in [4.78, 5) is 34.9. The van der Waals surface area contributed by atoms with Crippen molar-refractivity contribution in [3.63, 3.8) is 0 Å². The first kappa shape index (κ1) is 25.9. The molecular weight excluding hydrogens is 474 g/mol. The molecule has 0 bridgehead atoms. The third-order valence-corrected chi connectivity index (χ3v) is 5.88. The van der Waals surface area contributed by atoms with Gasteiger partial charge in [0.15, 0.2) is 0 Å². The summed E-state index contributed by atoms with van der Waals surface area (Å²) in [5.74, 6) is -1.98. The van der Waals surface area contributed by atoms with E-state index in [1.807, 2.05) is 0 Å². The van der Waals surface area contributed by atoms with E-state index in [4.69, 9.17) is 16.3 Å². The second-order valence-electron chi connectivity index (χ2n) is 7.82. The van der Waals surface area contributed by atoms with Gasteiger partial charge in [-0.15, -0.1) is 0 Å². The fraction of sp³-hybridized carbons (Fsp3) is 0.286. The van der Waals surface area contributed by atoms with Crippen molar-refractivity contribution in [2.24, 2.45) is 0 Å². The van der Waals surface area contributed by atoms with Gasteiger partial charge in [0, 0.05) is 10.7 Å². The monoisotopic (exact) mass is 497 g/mol. The van der Waals surface area contributed by atoms with Gasteiger partial charge in [-0.05, 0) is 57.2 Å². The van der Waals surface area contributed by atoms with Gasteiger partial charge in [0.1, 0.15) is 18.7 Å². The minimum atomic E-state index is -4.32. The van der Waals surface area contributed by atoms with E-state index in [1.165, 1.54) is 48.5 Å². The number of alkyl carbamates (subject to hydrolysis) is 1. The average Bonchev–Trinajstić information content (AvgIpc) is 2.69. The third-order valence-electron chi connectivity index (χ3n) is 3.87. The number of carbonyl (C=O) groups excluding carboxylic acids is 2. The highest BCUT2D eigenvalue weighted by molar-refractivity contribution is 7.92. The molecule has 0 aromatic heterocycles. The maximum atomic E-state index is 13.2. The Hall–Kier alpha value is -3.31. The predicted molar refractivity (Wildman–Crippen MR) is 123 cm³/mol. The molecule has 0 aliphatic carbocycles. The van der Waals surface area contributed by atoms with E-state index >= 15 is 0 Å². The summed E-state index contributed by atoms with van der Waals surface area (Å²) in [5, 5.41) is 14.2. The Labute approximate surface area is 196 Å². The van der Waals surface area contributed by atoms with Crippen LogP contribution in [0, 0.1) is 0 Å². The summed E-state index contributed by atoms with van der Waals surface area (Å²) in [6.07, 6.45) is -0.778. The number of benzene rings is 2. The standard InChI is InChI=1S/C21H24ClN3O7S/c1-21(2,3)32-20(29)23-12-18(26)24-15-7-5-9-17(11-15)33(30,31)25(13-19(27)28)16-8-4-6-14(22)10-16/h4-11H,12-13H2,1-3H3,(H,23,29)(H,24,26)(H,27,28). The number of carbonyl (C=O) groups is 3. The lowest BCUT2D eigenvalue weighted by atomic mass is 10.2. The number of hydrogen-bond donors (Lipinski definition) is 3. The van der Waals surface area contributed by atoms with Crippen LogP contribution in [-0.2, 0) is 24.3 Å². The van der Waals surface area contributed by atoms with E-state index in [2.05, 4.69) is 10.6 Å². The van der Waals surface area contributed by atoms with E-state index < -0.39 is 46.7 Å². The van der Waals surface area contributed by atoms with Crippen molar-refractivity contribution < 1.29 is 32.6 Å². The molecule has 0 saturated heterocycles. The number of carboxylic acids is 1. The van der Waals surface area contributed by atoms with Gasteiger partial charge in [-0.1, -0.05) is 23.7 Å². The lowest BCUT2D eigenvalue weighted by Crippen LogP contribution is -2.37. The molecule has 0 radical (unpaired) electrons. The Morgan fingerprint density at radius 2 is 1.76 bits per heavy atom. The Morgan fingerprint density at radius 1 is 1.09 bits per heavy atom. The largest absolute Gasteiger partial charge is 0.480 e. The van der Waals surface area contributed by atoms with Gasteiger partial charge in [-0.3, -0.25) is 13.9 Å². The molecule has 178 valence electrons. The molecule has 0 spiro atoms. The number of carboxylic acid groups (broad SMARTS) is 1. The average molecular weight is 498 g/mol. The minimum absolute atomic E-state index is 0.0703. The maximum Gasteiger partial charge on any atom is 0.408 e. The maximum absolute atomic E-state index is 13.2. The fourth-order valence-corrected chi connectivity index (χ4v) is 4.24. The van der Waals surface area contributed by atoms with Crippen LogP contribution in [0.4, 0.5) is 16.2 Å². The summed E-state index contributed by atoms with van der Waals surface area (Å²) in [6, 6.07) is 11.1. The number of ether oxygens (including phenoxy) is 1. The fourth-order valence-electron chi connectivity index (χ4n) is 2.60. The van der Waals surface area contributed by atoms with E-state index in [9.17, 15) is 27.9 Å². The lowest BCUT2D eigenvalue weighted by molar-refractivity contribution is -0.135. The molecule has 10 nitrogen and oxygen atoms in total. The van der Waals surface area contributed by atoms with Crippen LogP contribution in [0.3, 0.4) is 0 Å². The van der Waals surface area contributed by atoms with Gasteiger partial charge in [0.25, 0.3) is 10.0 Å². The van der Waals surface area contributed by atoms with Gasteiger partial charge < -0.3 is 20.5 Å². The van der Waals surface area contributed by atoms with Crippen molar-refractivity contribution in [2.45, 2.75) is 31.3 Å². The first-order valence-corrected chi connectivity index (χ1v) is 11.5. The van der Waals surface area contributed by atoms with Crippen LogP contribution in [0.1, 0.15) is 20.8 Å². The molecule has 0 aliphatic rings. The number of nitrogens with one attached hydrogen (secondary N) is 2. The van der Waals surface area contributed by atoms with Crippen molar-refractivity contribution in [2.75, 3.05) is 22.7 Å². The number of nitrogens with zero attached hydrogens (tertiary/aromatic N) is 1. The Balaban J connectivity index is 2.21. The van der Waals surface area contributed by atoms with Crippen LogP contribution < -0.4 is 14.9 Å². The molecule has 33 heavy (non-hydrogen) atoms. The van der Waals surface area contributed by atoms with Crippen LogP contribution in [0.5, 0.6) is 0 Å². The minimum Gasteiger partial charge on any atom is -0.480 e. The number of halogens is 1. The van der Waals surface area contributed by atoms with Crippen molar-refractivity contribution in [1.29, 1.82) is 0 Å². The van der Waals surface area contributed by atoms with Gasteiger partial charge in [0.05, 0.1) is 10.6 Å². The Bertz CT molecular complexity index is 1150. The Morgan fingerprint density at radius 3 is 2.36 bits per heavy atom. The van der Waals surface area contributed by atoms with E-state index in [0.29, 0.717) is 4.31 Å². The molecular formula is C21H24ClN3O7S. The predicted octanol–water partition coefficient (Wildman–Crippen LogP) is 3.08. The smallest absolute Gasteiger partial charge is 0.408 e. The lowest BCUT2D eigenvalue weighted by Gasteiger charge is -2.23. The highest BCUT2D eigenvalue weighted by atomic mass is 35.5. The van der Waals surface area contributed by atoms with Crippen LogP contribution in [0.25, 0.3) is 0 Å². The summed E-state index contributed by atoms with van der Waals surface area (Å²) in [7, 11) is -4.32. The quantitative estimate of drug-likeness (QED) is 0.508. The molecule has 2 rings (SSSR count). The molecule has 0 heterocycles. The zero-order valence-corrected chi connectivity index (χ0v) is 19.7. The first-order chi connectivity index (χ1) is 15.3. The van der Waals surface area contributed by atoms with Gasteiger partial charge >= 0.3 is 12.1 Å². The summed E-state index contributed by atoms with van der Waals surface area (Å²) in [6.45, 7) is 3.79. The Kier molecular flexibility index (Phi) is 8.29. The van der Waals surface area contributed by atoms with Crippen molar-refractivity contribution in [1.82, 2.24) is 5.32 Å². The number of amides is 2. The first-order valence-electron chi connectivity index (χ1n) is 9.65. The molecule has 12 heteroatoms. The number of aliphatic carboxylic acids is 1. The molecule has 0 unspecified atom stereocenters. The summed E-state index contributed by atoms with van der Waals surface area (Å²) >= 11 is 5.94. The third kappa shape index (κ3) is 7.95. The number of rotatable bonds is 8. The van der Waals surface area contributed by atoms with Crippen LogP contribution >= 0.6 is 11.6 Å². The van der Waals surface area contributed by atoms with Crippen molar-refractivity contribution >= 4 is 51.0 Å². The number of anilines is 2. The SMILES string of the molecule is CC(C)(C)OC(=O)NCC(=O)Nc1cccc(S(=O)(=O)N(CC(=O)O)c2cccc(Cl)c2)c1. The molecule has 3 N–H and O–H groups in total. The molecule has 0 aliphatic heterocycles. The van der Waals surface area contributed by atoms with E-state index in [-0.39, 0.29) is 21.3 Å². The van der Waals surface area contributed by atoms with E-state index in [1.54, 1.807) is 20.8 Å². The summed E-state index contributed by atoms with van der Waals surface area (Å²) < 4.78 is 32.1. The van der Waals surface area contributed by atoms with Gasteiger partial charge in [-0.2, -0.15) is 0 Å². The summed E-state index contributed by atoms with van der Waals surface area (Å²) in [5.41, 5.74) is -0.525.